The number of ether oxygens (including phenoxy) is 1. The molecule has 1 atom stereocenters. The molecule has 0 spiro atoms. The minimum atomic E-state index is -1.24. The van der Waals surface area contributed by atoms with Gasteiger partial charge in [0.05, 0.1) is 0 Å². The third-order valence-corrected chi connectivity index (χ3v) is 3.42. The second kappa shape index (κ2) is 6.24. The number of carbonyl (C=O) groups is 1. The molecule has 3 heteroatoms. The Balaban J connectivity index is 2.26. The molecule has 0 fully saturated rings. The summed E-state index contributed by atoms with van der Waals surface area (Å²) in [6.07, 6.45) is -0.509. The first-order valence-electron chi connectivity index (χ1n) is 6.55. The molecular weight excluding hydrogens is 252 g/mol. The first-order chi connectivity index (χ1) is 9.60. The van der Waals surface area contributed by atoms with E-state index in [1.165, 1.54) is 0 Å². The van der Waals surface area contributed by atoms with Crippen molar-refractivity contribution in [1.82, 2.24) is 0 Å². The van der Waals surface area contributed by atoms with Crippen molar-refractivity contribution in [3.05, 3.63) is 71.8 Å². The third-order valence-electron chi connectivity index (χ3n) is 3.42. The van der Waals surface area contributed by atoms with Crippen LogP contribution in [0.5, 0.6) is 0 Å². The largest absolute Gasteiger partial charge is 0.505 e. The van der Waals surface area contributed by atoms with Crippen molar-refractivity contribution < 1.29 is 14.6 Å². The molecule has 0 bridgehead atoms. The molecular formula is C17H18O3. The highest BCUT2D eigenvalue weighted by Gasteiger charge is 2.28. The van der Waals surface area contributed by atoms with E-state index in [4.69, 9.17) is 9.84 Å². The van der Waals surface area contributed by atoms with Gasteiger partial charge in [-0.3, -0.25) is 0 Å². The maximum Gasteiger partial charge on any atom is 0.505 e. The van der Waals surface area contributed by atoms with Crippen LogP contribution in [0.25, 0.3) is 0 Å². The highest BCUT2D eigenvalue weighted by Crippen LogP contribution is 2.28. The van der Waals surface area contributed by atoms with Crippen molar-refractivity contribution in [1.29, 1.82) is 0 Å². The predicted molar refractivity (Wildman–Crippen MR) is 77.9 cm³/mol. The number of hydrogen-bond acceptors (Lipinski definition) is 2. The number of carboxylic acid groups (broad SMARTS) is 1. The Bertz CT molecular complexity index is 551. The molecule has 0 saturated carbocycles. The monoisotopic (exact) mass is 270 g/mol. The van der Waals surface area contributed by atoms with Gasteiger partial charge in [0.15, 0.2) is 0 Å². The molecule has 1 unspecified atom stereocenters. The highest BCUT2D eigenvalue weighted by atomic mass is 16.7. The molecule has 20 heavy (non-hydrogen) atoms. The van der Waals surface area contributed by atoms with Crippen LogP contribution in [0.2, 0.25) is 0 Å². The fourth-order valence-corrected chi connectivity index (χ4v) is 2.34. The molecule has 2 aromatic carbocycles. The van der Waals surface area contributed by atoms with E-state index in [9.17, 15) is 4.79 Å². The van der Waals surface area contributed by atoms with Crippen LogP contribution >= 0.6 is 0 Å². The molecule has 0 aliphatic carbocycles. The fourth-order valence-electron chi connectivity index (χ4n) is 2.34. The number of benzene rings is 2. The molecule has 1 N–H and O–H groups in total. The van der Waals surface area contributed by atoms with Gasteiger partial charge in [-0.15, -0.1) is 0 Å². The molecule has 0 heterocycles. The Labute approximate surface area is 118 Å². The Kier molecular flexibility index (Phi) is 4.41. The summed E-state index contributed by atoms with van der Waals surface area (Å²) in [6.45, 7) is 2.17. The SMILES string of the molecule is CC(COC(=O)O)(Cc1ccccc1)c1ccccc1. The van der Waals surface area contributed by atoms with Gasteiger partial charge in [-0.05, 0) is 17.5 Å². The molecule has 0 aliphatic rings. The molecule has 104 valence electrons. The van der Waals surface area contributed by atoms with E-state index < -0.39 is 6.16 Å². The van der Waals surface area contributed by atoms with Crippen LogP contribution < -0.4 is 0 Å². The van der Waals surface area contributed by atoms with Crippen LogP contribution in [0.15, 0.2) is 60.7 Å². The zero-order valence-electron chi connectivity index (χ0n) is 11.5. The maximum absolute atomic E-state index is 10.7. The van der Waals surface area contributed by atoms with Gasteiger partial charge in [0.1, 0.15) is 6.61 Å². The summed E-state index contributed by atoms with van der Waals surface area (Å²) in [5, 5.41) is 8.77. The molecule has 2 rings (SSSR count). The molecule has 0 aliphatic heterocycles. The number of rotatable bonds is 5. The van der Waals surface area contributed by atoms with E-state index in [1.807, 2.05) is 67.6 Å². The van der Waals surface area contributed by atoms with E-state index in [2.05, 4.69) is 0 Å². The van der Waals surface area contributed by atoms with Crippen molar-refractivity contribution in [2.75, 3.05) is 6.61 Å². The van der Waals surface area contributed by atoms with Crippen molar-refractivity contribution in [3.63, 3.8) is 0 Å². The third kappa shape index (κ3) is 3.60. The summed E-state index contributed by atoms with van der Waals surface area (Å²) in [6, 6.07) is 19.9. The van der Waals surface area contributed by atoms with Crippen molar-refractivity contribution in [2.24, 2.45) is 0 Å². The average molecular weight is 270 g/mol. The second-order valence-electron chi connectivity index (χ2n) is 5.14. The predicted octanol–water partition coefficient (Wildman–Crippen LogP) is 3.88. The van der Waals surface area contributed by atoms with Crippen LogP contribution in [0.1, 0.15) is 18.1 Å². The summed E-state index contributed by atoms with van der Waals surface area (Å²) in [4.78, 5) is 10.7. The van der Waals surface area contributed by atoms with E-state index >= 15 is 0 Å². The van der Waals surface area contributed by atoms with Gasteiger partial charge >= 0.3 is 6.16 Å². The van der Waals surface area contributed by atoms with Crippen LogP contribution in [0.4, 0.5) is 4.79 Å². The Hall–Kier alpha value is -2.29. The van der Waals surface area contributed by atoms with E-state index in [0.29, 0.717) is 0 Å². The van der Waals surface area contributed by atoms with Crippen LogP contribution in [0, 0.1) is 0 Å². The zero-order chi connectivity index (χ0) is 14.4. The van der Waals surface area contributed by atoms with E-state index in [1.54, 1.807) is 0 Å². The van der Waals surface area contributed by atoms with Crippen molar-refractivity contribution >= 4 is 6.16 Å². The van der Waals surface area contributed by atoms with Gasteiger partial charge < -0.3 is 9.84 Å². The first-order valence-corrected chi connectivity index (χ1v) is 6.55. The lowest BCUT2D eigenvalue weighted by Crippen LogP contribution is -2.32. The van der Waals surface area contributed by atoms with Crippen LogP contribution in [-0.4, -0.2) is 17.9 Å². The van der Waals surface area contributed by atoms with Crippen LogP contribution in [0.3, 0.4) is 0 Å². The topological polar surface area (TPSA) is 46.5 Å². The molecule has 2 aromatic rings. The minimum Gasteiger partial charge on any atom is -0.450 e. The van der Waals surface area contributed by atoms with Gasteiger partial charge in [0.2, 0.25) is 0 Å². The lowest BCUT2D eigenvalue weighted by molar-refractivity contribution is 0.0713. The summed E-state index contributed by atoms with van der Waals surface area (Å²) >= 11 is 0. The van der Waals surface area contributed by atoms with Gasteiger partial charge in [-0.25, -0.2) is 4.79 Å². The maximum atomic E-state index is 10.7. The normalized spacial score (nSPS) is 13.4. The summed E-state index contributed by atoms with van der Waals surface area (Å²) in [7, 11) is 0. The molecule has 0 aromatic heterocycles. The molecule has 0 saturated heterocycles. The smallest absolute Gasteiger partial charge is 0.450 e. The lowest BCUT2D eigenvalue weighted by Gasteiger charge is -2.29. The quantitative estimate of drug-likeness (QED) is 0.839. The Morgan fingerprint density at radius 2 is 1.60 bits per heavy atom. The summed E-state index contributed by atoms with van der Waals surface area (Å²) in [5.74, 6) is 0. The summed E-state index contributed by atoms with van der Waals surface area (Å²) < 4.78 is 4.85. The lowest BCUT2D eigenvalue weighted by atomic mass is 9.78. The summed E-state index contributed by atoms with van der Waals surface area (Å²) in [5.41, 5.74) is 1.86. The molecule has 0 radical (unpaired) electrons. The van der Waals surface area contributed by atoms with Gasteiger partial charge in [-0.2, -0.15) is 0 Å². The molecule has 0 amide bonds. The van der Waals surface area contributed by atoms with Gasteiger partial charge in [0.25, 0.3) is 0 Å². The molecule has 3 nitrogen and oxygen atoms in total. The van der Waals surface area contributed by atoms with Gasteiger partial charge in [-0.1, -0.05) is 67.6 Å². The Morgan fingerprint density at radius 3 is 2.15 bits per heavy atom. The highest BCUT2D eigenvalue weighted by molar-refractivity contribution is 5.57. The van der Waals surface area contributed by atoms with Crippen LogP contribution in [-0.2, 0) is 16.6 Å². The minimum absolute atomic E-state index is 0.140. The first kappa shape index (κ1) is 14.1. The Morgan fingerprint density at radius 1 is 1.05 bits per heavy atom. The van der Waals surface area contributed by atoms with E-state index in [-0.39, 0.29) is 12.0 Å². The number of hydrogen-bond donors (Lipinski definition) is 1. The zero-order valence-corrected chi connectivity index (χ0v) is 11.5. The van der Waals surface area contributed by atoms with Crippen molar-refractivity contribution in [3.8, 4) is 0 Å². The van der Waals surface area contributed by atoms with E-state index in [0.717, 1.165) is 17.5 Å². The standard InChI is InChI=1S/C17H18O3/c1-17(13-20-16(18)19,15-10-6-3-7-11-15)12-14-8-4-2-5-9-14/h2-11H,12-13H2,1H3,(H,18,19). The average Bonchev–Trinajstić information content (AvgIpc) is 2.47. The van der Waals surface area contributed by atoms with Crippen molar-refractivity contribution in [2.45, 2.75) is 18.8 Å². The fraction of sp³-hybridized carbons (Fsp3) is 0.235. The second-order valence-corrected chi connectivity index (χ2v) is 5.14. The van der Waals surface area contributed by atoms with Gasteiger partial charge in [0, 0.05) is 5.41 Å².